The van der Waals surface area contributed by atoms with Crippen molar-refractivity contribution < 1.29 is 13.2 Å². The van der Waals surface area contributed by atoms with Gasteiger partial charge in [-0.25, -0.2) is 13.1 Å². The lowest BCUT2D eigenvalue weighted by Crippen LogP contribution is -2.24. The lowest BCUT2D eigenvalue weighted by molar-refractivity contribution is -0.109. The number of hydrogen-bond donors (Lipinski definition) is 2. The van der Waals surface area contributed by atoms with E-state index in [0.717, 1.165) is 18.0 Å². The van der Waals surface area contributed by atoms with Crippen LogP contribution in [0.2, 0.25) is 0 Å². The highest BCUT2D eigenvalue weighted by atomic mass is 32.2. The van der Waals surface area contributed by atoms with Crippen molar-refractivity contribution in [3.05, 3.63) is 0 Å². The predicted molar refractivity (Wildman–Crippen MR) is 61.0 cm³/mol. The lowest BCUT2D eigenvalue weighted by Gasteiger charge is -1.98. The van der Waals surface area contributed by atoms with Crippen LogP contribution in [0.1, 0.15) is 6.92 Å². The van der Waals surface area contributed by atoms with Crippen LogP contribution < -0.4 is 10.0 Å². The second kappa shape index (κ2) is 9.45. The van der Waals surface area contributed by atoms with E-state index in [0.29, 0.717) is 12.3 Å². The van der Waals surface area contributed by atoms with Gasteiger partial charge in [-0.2, -0.15) is 0 Å². The first-order valence-corrected chi connectivity index (χ1v) is 6.87. The Labute approximate surface area is 90.1 Å². The summed E-state index contributed by atoms with van der Waals surface area (Å²) in [5.41, 5.74) is 0. The fourth-order valence-electron chi connectivity index (χ4n) is 0.422. The molecule has 0 heterocycles. The maximum atomic E-state index is 10.5. The Hall–Kier alpha value is -0.110. The number of hydrogen-bond acceptors (Lipinski definition) is 5. The Morgan fingerprint density at radius 2 is 1.79 bits per heavy atom. The number of thioether (sulfide) groups is 1. The van der Waals surface area contributed by atoms with Crippen molar-refractivity contribution in [1.82, 2.24) is 10.0 Å². The summed E-state index contributed by atoms with van der Waals surface area (Å²) in [5, 5.41) is 2.75. The highest BCUT2D eigenvalue weighted by Gasteiger charge is 1.99. The predicted octanol–water partition coefficient (Wildman–Crippen LogP) is -0.349. The molecule has 5 nitrogen and oxygen atoms in total. The summed E-state index contributed by atoms with van der Waals surface area (Å²) in [7, 11) is 0.653. The van der Waals surface area contributed by atoms with Crippen LogP contribution in [0.3, 0.4) is 0 Å². The first-order chi connectivity index (χ1) is 6.33. The van der Waals surface area contributed by atoms with Crippen LogP contribution in [0.25, 0.3) is 0 Å². The van der Waals surface area contributed by atoms with Gasteiger partial charge in [-0.1, -0.05) is 11.8 Å². The van der Waals surface area contributed by atoms with Gasteiger partial charge in [0.25, 0.3) is 0 Å². The largest absolute Gasteiger partial charge is 0.323 e. The second-order valence-electron chi connectivity index (χ2n) is 2.51. The van der Waals surface area contributed by atoms with Gasteiger partial charge in [-0.05, 0) is 14.1 Å². The van der Waals surface area contributed by atoms with Gasteiger partial charge in [-0.3, -0.25) is 4.79 Å². The zero-order valence-electron chi connectivity index (χ0n) is 8.96. The molecule has 0 aromatic carbocycles. The van der Waals surface area contributed by atoms with Gasteiger partial charge in [0, 0.05) is 19.2 Å². The van der Waals surface area contributed by atoms with E-state index in [4.69, 9.17) is 0 Å². The minimum Gasteiger partial charge on any atom is -0.323 e. The van der Waals surface area contributed by atoms with E-state index in [1.165, 1.54) is 6.92 Å². The molecule has 0 saturated heterocycles. The maximum absolute atomic E-state index is 10.5. The molecule has 0 spiro atoms. The molecule has 7 heteroatoms. The standard InChI is InChI=1S/C5H11NO3S2.C2H7N/c1-5(7)10-4-3-6-11(2,8)9;1-3-2/h6H,3-4H2,1-2H3;3H,1-2H3. The van der Waals surface area contributed by atoms with Crippen LogP contribution in [0.5, 0.6) is 0 Å². The van der Waals surface area contributed by atoms with Crippen LogP contribution in [0, 0.1) is 0 Å². The normalized spacial score (nSPS) is 10.3. The molecule has 0 aliphatic carbocycles. The number of rotatable bonds is 4. The van der Waals surface area contributed by atoms with E-state index in [-0.39, 0.29) is 5.12 Å². The molecule has 0 rings (SSSR count). The van der Waals surface area contributed by atoms with Crippen LogP contribution >= 0.6 is 11.8 Å². The molecule has 0 atom stereocenters. The van der Waals surface area contributed by atoms with Crippen molar-refractivity contribution in [2.75, 3.05) is 32.6 Å². The third-order valence-corrected chi connectivity index (χ3v) is 2.31. The van der Waals surface area contributed by atoms with Crippen molar-refractivity contribution in [3.63, 3.8) is 0 Å². The summed E-state index contributed by atoms with van der Waals surface area (Å²) in [6, 6.07) is 0. The molecule has 0 radical (unpaired) electrons. The van der Waals surface area contributed by atoms with Crippen LogP contribution in [-0.4, -0.2) is 46.2 Å². The van der Waals surface area contributed by atoms with Crippen molar-refractivity contribution in [3.8, 4) is 0 Å². The molecular formula is C7H18N2O3S2. The van der Waals surface area contributed by atoms with Crippen molar-refractivity contribution >= 4 is 26.9 Å². The second-order valence-corrected chi connectivity index (χ2v) is 5.61. The van der Waals surface area contributed by atoms with E-state index in [1.54, 1.807) is 0 Å². The van der Waals surface area contributed by atoms with Gasteiger partial charge in [0.15, 0.2) is 5.12 Å². The van der Waals surface area contributed by atoms with E-state index in [1.807, 2.05) is 14.1 Å². The lowest BCUT2D eigenvalue weighted by atomic mass is 10.8. The van der Waals surface area contributed by atoms with Crippen molar-refractivity contribution in [2.45, 2.75) is 6.92 Å². The summed E-state index contributed by atoms with van der Waals surface area (Å²) in [6.45, 7) is 1.76. The van der Waals surface area contributed by atoms with Crippen LogP contribution in [0.15, 0.2) is 0 Å². The number of sulfonamides is 1. The Kier molecular flexibility index (Phi) is 11.0. The Morgan fingerprint density at radius 3 is 2.07 bits per heavy atom. The number of carbonyl (C=O) groups is 1. The third-order valence-electron chi connectivity index (χ3n) is 0.772. The van der Waals surface area contributed by atoms with Crippen LogP contribution in [-0.2, 0) is 14.8 Å². The van der Waals surface area contributed by atoms with Gasteiger partial charge < -0.3 is 5.32 Å². The van der Waals surface area contributed by atoms with Gasteiger partial charge in [-0.15, -0.1) is 0 Å². The van der Waals surface area contributed by atoms with E-state index in [2.05, 4.69) is 10.0 Å². The molecule has 14 heavy (non-hydrogen) atoms. The molecule has 0 aromatic rings. The quantitative estimate of drug-likeness (QED) is 0.659. The maximum Gasteiger partial charge on any atom is 0.208 e. The van der Waals surface area contributed by atoms with E-state index in [9.17, 15) is 13.2 Å². The first-order valence-electron chi connectivity index (χ1n) is 4.00. The van der Waals surface area contributed by atoms with Gasteiger partial charge in [0.1, 0.15) is 0 Å². The van der Waals surface area contributed by atoms with E-state index >= 15 is 0 Å². The van der Waals surface area contributed by atoms with Crippen molar-refractivity contribution in [1.29, 1.82) is 0 Å². The van der Waals surface area contributed by atoms with Crippen LogP contribution in [0.4, 0.5) is 0 Å². The Balaban J connectivity index is 0. The molecule has 0 amide bonds. The molecular weight excluding hydrogens is 224 g/mol. The fraction of sp³-hybridized carbons (Fsp3) is 0.857. The summed E-state index contributed by atoms with van der Waals surface area (Å²) in [6.07, 6.45) is 1.09. The van der Waals surface area contributed by atoms with Gasteiger partial charge in [0.2, 0.25) is 10.0 Å². The Morgan fingerprint density at radius 1 is 1.36 bits per heavy atom. The number of carbonyl (C=O) groups excluding carboxylic acids is 1. The minimum atomic E-state index is -3.10. The topological polar surface area (TPSA) is 75.3 Å². The molecule has 0 aromatic heterocycles. The summed E-state index contributed by atoms with van der Waals surface area (Å²) in [5.74, 6) is 0.488. The fourth-order valence-corrected chi connectivity index (χ4v) is 1.52. The van der Waals surface area contributed by atoms with Gasteiger partial charge >= 0.3 is 0 Å². The zero-order valence-corrected chi connectivity index (χ0v) is 10.6. The third kappa shape index (κ3) is 22.7. The summed E-state index contributed by atoms with van der Waals surface area (Å²) >= 11 is 1.11. The highest BCUT2D eigenvalue weighted by Crippen LogP contribution is 1.98. The first kappa shape index (κ1) is 16.3. The summed E-state index contributed by atoms with van der Waals surface area (Å²) in [4.78, 5) is 10.4. The molecule has 0 fully saturated rings. The zero-order chi connectivity index (χ0) is 11.6. The molecule has 0 unspecified atom stereocenters. The molecule has 0 aliphatic heterocycles. The minimum absolute atomic E-state index is 0.000279. The molecule has 0 aliphatic rings. The van der Waals surface area contributed by atoms with Gasteiger partial charge in [0.05, 0.1) is 6.26 Å². The molecule has 0 bridgehead atoms. The SMILES string of the molecule is CC(=O)SCCNS(C)(=O)=O.CNC. The average molecular weight is 242 g/mol. The molecule has 2 N–H and O–H groups in total. The number of nitrogens with one attached hydrogen (secondary N) is 2. The molecule has 0 saturated carbocycles. The monoisotopic (exact) mass is 242 g/mol. The Bertz CT molecular complexity index is 239. The van der Waals surface area contributed by atoms with E-state index < -0.39 is 10.0 Å². The molecule has 86 valence electrons. The average Bonchev–Trinajstić information content (AvgIpc) is 1.98. The highest BCUT2D eigenvalue weighted by molar-refractivity contribution is 8.13. The smallest absolute Gasteiger partial charge is 0.208 e. The summed E-state index contributed by atoms with van der Waals surface area (Å²) < 4.78 is 23.2. The van der Waals surface area contributed by atoms with Crippen molar-refractivity contribution in [2.24, 2.45) is 0 Å².